The third-order valence-corrected chi connectivity index (χ3v) is 5.46. The van der Waals surface area contributed by atoms with E-state index < -0.39 is 0 Å². The maximum atomic E-state index is 5.71. The molecular weight excluding hydrogens is 394 g/mol. The van der Waals surface area contributed by atoms with E-state index in [4.69, 9.17) is 21.7 Å². The highest BCUT2D eigenvalue weighted by Crippen LogP contribution is 2.26. The van der Waals surface area contributed by atoms with Gasteiger partial charge in [0.2, 0.25) is 0 Å². The van der Waals surface area contributed by atoms with Crippen molar-refractivity contribution < 1.29 is 9.47 Å². The lowest BCUT2D eigenvalue weighted by atomic mass is 10.1. The van der Waals surface area contributed by atoms with E-state index in [-0.39, 0.29) is 0 Å². The van der Waals surface area contributed by atoms with Crippen LogP contribution in [0.15, 0.2) is 42.5 Å². The van der Waals surface area contributed by atoms with Gasteiger partial charge in [0.1, 0.15) is 11.5 Å². The van der Waals surface area contributed by atoms with Crippen molar-refractivity contribution in [3.63, 3.8) is 0 Å². The molecular formula is C24H33N3O2S. The molecule has 0 radical (unpaired) electrons. The monoisotopic (exact) mass is 427 g/mol. The number of likely N-dealkylation sites (tertiary alicyclic amines) is 1. The molecule has 1 aliphatic heterocycles. The number of nitrogens with one attached hydrogen (secondary N) is 2. The van der Waals surface area contributed by atoms with Crippen molar-refractivity contribution in [2.45, 2.75) is 45.6 Å². The zero-order valence-electron chi connectivity index (χ0n) is 18.1. The molecule has 0 bridgehead atoms. The van der Waals surface area contributed by atoms with E-state index in [1.165, 1.54) is 24.8 Å². The Labute approximate surface area is 185 Å². The lowest BCUT2D eigenvalue weighted by Gasteiger charge is -2.27. The number of rotatable bonds is 9. The predicted octanol–water partition coefficient (Wildman–Crippen LogP) is 5.67. The zero-order chi connectivity index (χ0) is 21.2. The van der Waals surface area contributed by atoms with Gasteiger partial charge in [-0.05, 0) is 87.0 Å². The molecule has 2 aromatic carbocycles. The normalized spacial score (nSPS) is 14.2. The Bertz CT molecular complexity index is 805. The van der Waals surface area contributed by atoms with Gasteiger partial charge >= 0.3 is 0 Å². The molecule has 30 heavy (non-hydrogen) atoms. The van der Waals surface area contributed by atoms with Gasteiger partial charge in [-0.2, -0.15) is 0 Å². The summed E-state index contributed by atoms with van der Waals surface area (Å²) in [4.78, 5) is 2.49. The smallest absolute Gasteiger partial charge is 0.175 e. The minimum Gasteiger partial charge on any atom is -0.496 e. The summed E-state index contributed by atoms with van der Waals surface area (Å²) in [6, 6.07) is 14.0. The van der Waals surface area contributed by atoms with Gasteiger partial charge in [0, 0.05) is 23.5 Å². The highest BCUT2D eigenvalue weighted by atomic mass is 32.1. The van der Waals surface area contributed by atoms with Gasteiger partial charge in [-0.15, -0.1) is 0 Å². The Morgan fingerprint density at radius 3 is 2.40 bits per heavy atom. The number of anilines is 2. The second-order valence-electron chi connectivity index (χ2n) is 7.67. The number of nitrogens with zero attached hydrogens (tertiary/aromatic N) is 1. The first kappa shape index (κ1) is 22.4. The highest BCUT2D eigenvalue weighted by molar-refractivity contribution is 7.80. The molecule has 1 saturated heterocycles. The average molecular weight is 428 g/mol. The molecule has 0 unspecified atom stereocenters. The van der Waals surface area contributed by atoms with Crippen LogP contribution in [0.25, 0.3) is 0 Å². The minimum atomic E-state index is 0.559. The number of piperidine rings is 1. The Kier molecular flexibility index (Phi) is 8.78. The maximum Gasteiger partial charge on any atom is 0.175 e. The maximum absolute atomic E-state index is 5.71. The van der Waals surface area contributed by atoms with Crippen molar-refractivity contribution in [2.24, 2.45) is 0 Å². The highest BCUT2D eigenvalue weighted by Gasteiger charge is 2.14. The molecule has 0 aromatic heterocycles. The first-order chi connectivity index (χ1) is 14.7. The van der Waals surface area contributed by atoms with Crippen molar-refractivity contribution in [3.8, 4) is 11.5 Å². The van der Waals surface area contributed by atoms with Gasteiger partial charge < -0.3 is 20.1 Å². The third-order valence-electron chi connectivity index (χ3n) is 5.26. The predicted molar refractivity (Wildman–Crippen MR) is 129 cm³/mol. The van der Waals surface area contributed by atoms with Crippen LogP contribution in [0.2, 0.25) is 0 Å². The van der Waals surface area contributed by atoms with Crippen molar-refractivity contribution >= 4 is 28.7 Å². The van der Waals surface area contributed by atoms with Crippen molar-refractivity contribution in [1.82, 2.24) is 4.90 Å². The number of hydrogen-bond donors (Lipinski definition) is 2. The van der Waals surface area contributed by atoms with E-state index in [0.717, 1.165) is 62.0 Å². The number of ether oxygens (including phenoxy) is 2. The van der Waals surface area contributed by atoms with E-state index in [1.807, 2.05) is 36.4 Å². The van der Waals surface area contributed by atoms with Crippen LogP contribution in [0.4, 0.5) is 11.4 Å². The van der Waals surface area contributed by atoms with Gasteiger partial charge in [0.15, 0.2) is 5.11 Å². The summed E-state index contributed by atoms with van der Waals surface area (Å²) in [5, 5.41) is 7.09. The van der Waals surface area contributed by atoms with Gasteiger partial charge in [-0.1, -0.05) is 19.8 Å². The number of unbranched alkanes of at least 4 members (excludes halogenated alkanes) is 1. The van der Waals surface area contributed by atoms with Crippen LogP contribution < -0.4 is 20.1 Å². The second-order valence-corrected chi connectivity index (χ2v) is 8.08. The van der Waals surface area contributed by atoms with E-state index in [9.17, 15) is 0 Å². The lowest BCUT2D eigenvalue weighted by Crippen LogP contribution is -2.29. The first-order valence-corrected chi connectivity index (χ1v) is 11.3. The van der Waals surface area contributed by atoms with Gasteiger partial charge in [0.25, 0.3) is 0 Å². The molecule has 0 spiro atoms. The molecule has 2 N–H and O–H groups in total. The standard InChI is InChI=1S/C24H33N3O2S/c1-3-4-16-29-22-11-8-20(9-12-22)25-24(30)26-21-10-13-23(28-2)19(17-21)18-27-14-6-5-7-15-27/h8-13,17H,3-7,14-16,18H2,1-2H3,(H2,25,26,30). The van der Waals surface area contributed by atoms with E-state index >= 15 is 0 Å². The van der Waals surface area contributed by atoms with Gasteiger partial charge in [-0.25, -0.2) is 0 Å². The van der Waals surface area contributed by atoms with E-state index in [2.05, 4.69) is 28.5 Å². The average Bonchev–Trinajstić information content (AvgIpc) is 2.76. The Balaban J connectivity index is 1.57. The van der Waals surface area contributed by atoms with Crippen LogP contribution in [0, 0.1) is 0 Å². The number of benzene rings is 2. The Hall–Kier alpha value is -2.31. The SMILES string of the molecule is CCCCOc1ccc(NC(=S)Nc2ccc(OC)c(CN3CCCCC3)c2)cc1. The molecule has 1 aliphatic rings. The summed E-state index contributed by atoms with van der Waals surface area (Å²) in [7, 11) is 1.73. The largest absolute Gasteiger partial charge is 0.496 e. The number of thiocarbonyl (C=S) groups is 1. The Morgan fingerprint density at radius 2 is 1.70 bits per heavy atom. The molecule has 0 aliphatic carbocycles. The van der Waals surface area contributed by atoms with Crippen LogP contribution in [0.3, 0.4) is 0 Å². The van der Waals surface area contributed by atoms with Crippen LogP contribution in [-0.2, 0) is 6.54 Å². The number of hydrogen-bond acceptors (Lipinski definition) is 4. The van der Waals surface area contributed by atoms with Crippen molar-refractivity contribution in [1.29, 1.82) is 0 Å². The molecule has 2 aromatic rings. The fourth-order valence-electron chi connectivity index (χ4n) is 3.60. The van der Waals surface area contributed by atoms with E-state index in [1.54, 1.807) is 7.11 Å². The zero-order valence-corrected chi connectivity index (χ0v) is 18.9. The lowest BCUT2D eigenvalue weighted by molar-refractivity contribution is 0.218. The summed E-state index contributed by atoms with van der Waals surface area (Å²) >= 11 is 5.51. The van der Waals surface area contributed by atoms with Crippen LogP contribution >= 0.6 is 12.2 Å². The molecule has 0 atom stereocenters. The molecule has 5 nitrogen and oxygen atoms in total. The van der Waals surface area contributed by atoms with Crippen LogP contribution in [0.5, 0.6) is 11.5 Å². The molecule has 1 fully saturated rings. The summed E-state index contributed by atoms with van der Waals surface area (Å²) in [5.41, 5.74) is 3.07. The summed E-state index contributed by atoms with van der Waals surface area (Å²) in [5.74, 6) is 1.80. The molecule has 3 rings (SSSR count). The molecule has 6 heteroatoms. The van der Waals surface area contributed by atoms with Crippen molar-refractivity contribution in [3.05, 3.63) is 48.0 Å². The first-order valence-electron chi connectivity index (χ1n) is 10.9. The third kappa shape index (κ3) is 6.89. The fourth-order valence-corrected chi connectivity index (χ4v) is 3.84. The van der Waals surface area contributed by atoms with Gasteiger partial charge in [0.05, 0.1) is 13.7 Å². The summed E-state index contributed by atoms with van der Waals surface area (Å²) in [6.07, 6.45) is 6.08. The van der Waals surface area contributed by atoms with Crippen molar-refractivity contribution in [2.75, 3.05) is 37.4 Å². The second kappa shape index (κ2) is 11.8. The quantitative estimate of drug-likeness (QED) is 0.397. The topological polar surface area (TPSA) is 45.8 Å². The van der Waals surface area contributed by atoms with E-state index in [0.29, 0.717) is 5.11 Å². The molecule has 1 heterocycles. The summed E-state index contributed by atoms with van der Waals surface area (Å²) < 4.78 is 11.3. The number of methoxy groups -OCH3 is 1. The molecule has 0 amide bonds. The van der Waals surface area contributed by atoms with Crippen LogP contribution in [0.1, 0.15) is 44.6 Å². The minimum absolute atomic E-state index is 0.559. The fraction of sp³-hybridized carbons (Fsp3) is 0.458. The molecule has 0 saturated carbocycles. The summed E-state index contributed by atoms with van der Waals surface area (Å²) in [6.45, 7) is 6.11. The van der Waals surface area contributed by atoms with Gasteiger partial charge in [-0.3, -0.25) is 4.90 Å². The van der Waals surface area contributed by atoms with Crippen LogP contribution in [-0.4, -0.2) is 36.8 Å². The molecule has 162 valence electrons. The Morgan fingerprint density at radius 1 is 1.00 bits per heavy atom.